The molecule has 0 aliphatic rings. The Morgan fingerprint density at radius 1 is 0.967 bits per heavy atom. The highest BCUT2D eigenvalue weighted by Gasteiger charge is 2.17. The number of carbonyl (C=O) groups is 3. The molecule has 0 radical (unpaired) electrons. The van der Waals surface area contributed by atoms with Gasteiger partial charge < -0.3 is 15.4 Å². The van der Waals surface area contributed by atoms with Crippen molar-refractivity contribution in [2.75, 3.05) is 18.1 Å². The minimum Gasteiger partial charge on any atom is -0.452 e. The fraction of sp³-hybridized carbons (Fsp3) is 0.130. The lowest BCUT2D eigenvalue weighted by Crippen LogP contribution is -2.37. The number of rotatable bonds is 8. The summed E-state index contributed by atoms with van der Waals surface area (Å²) in [7, 11) is 0. The van der Waals surface area contributed by atoms with Gasteiger partial charge in [0.2, 0.25) is 5.91 Å². The largest absolute Gasteiger partial charge is 0.452 e. The third kappa shape index (κ3) is 5.75. The second-order valence-electron chi connectivity index (χ2n) is 6.47. The van der Waals surface area contributed by atoms with Crippen LogP contribution in [0.3, 0.4) is 0 Å². The molecule has 0 aliphatic carbocycles. The molecule has 3 rings (SSSR count). The van der Waals surface area contributed by atoms with E-state index in [0.29, 0.717) is 11.4 Å². The lowest BCUT2D eigenvalue weighted by atomic mass is 10.2. The van der Waals surface area contributed by atoms with E-state index in [2.05, 4.69) is 4.98 Å². The highest BCUT2D eigenvalue weighted by Crippen LogP contribution is 2.15. The van der Waals surface area contributed by atoms with Gasteiger partial charge in [0.1, 0.15) is 0 Å². The van der Waals surface area contributed by atoms with E-state index < -0.39 is 24.4 Å². The number of aromatic nitrogens is 1. The summed E-state index contributed by atoms with van der Waals surface area (Å²) >= 11 is 0. The van der Waals surface area contributed by atoms with Crippen LogP contribution in [0.15, 0.2) is 72.8 Å². The molecule has 3 aromatic rings. The fourth-order valence-electron chi connectivity index (χ4n) is 2.81. The quantitative estimate of drug-likeness (QED) is 0.460. The van der Waals surface area contributed by atoms with E-state index in [1.165, 1.54) is 17.1 Å². The lowest BCUT2D eigenvalue weighted by Gasteiger charge is -2.22. The fourth-order valence-corrected chi connectivity index (χ4v) is 2.81. The molecule has 0 bridgehead atoms. The zero-order valence-electron chi connectivity index (χ0n) is 16.2. The number of nitrogens with two attached hydrogens (primary N) is 1. The van der Waals surface area contributed by atoms with E-state index in [9.17, 15) is 14.4 Å². The van der Waals surface area contributed by atoms with Crippen LogP contribution >= 0.6 is 0 Å². The van der Waals surface area contributed by atoms with Crippen molar-refractivity contribution in [1.82, 2.24) is 4.98 Å². The Labute approximate surface area is 173 Å². The normalized spacial score (nSPS) is 10.8. The molecule has 1 aromatic heterocycles. The van der Waals surface area contributed by atoms with E-state index in [4.69, 9.17) is 10.5 Å². The lowest BCUT2D eigenvalue weighted by molar-refractivity contribution is -0.143. The molecule has 0 fully saturated rings. The van der Waals surface area contributed by atoms with Crippen LogP contribution in [0.2, 0.25) is 0 Å². The van der Waals surface area contributed by atoms with Gasteiger partial charge in [0, 0.05) is 30.1 Å². The maximum absolute atomic E-state index is 12.5. The molecular weight excluding hydrogens is 382 g/mol. The Morgan fingerprint density at radius 3 is 2.47 bits per heavy atom. The molecule has 0 aliphatic heterocycles. The number of nitrogens with zero attached hydrogens (tertiary/aromatic N) is 2. The molecule has 0 atom stereocenters. The van der Waals surface area contributed by atoms with Gasteiger partial charge in [0.25, 0.3) is 5.91 Å². The number of para-hydroxylation sites is 2. The second kappa shape index (κ2) is 9.97. The molecule has 2 N–H and O–H groups in total. The number of hydrogen-bond acceptors (Lipinski definition) is 5. The number of carbonyl (C=O) groups excluding carboxylic acids is 3. The number of anilines is 1. The van der Waals surface area contributed by atoms with Crippen LogP contribution in [0.5, 0.6) is 0 Å². The summed E-state index contributed by atoms with van der Waals surface area (Å²) in [4.78, 5) is 41.5. The standard InChI is InChI=1S/C23H21N3O4/c24-21(27)14-15-26(19-7-2-1-3-8-19)22(28)16-30-23(29)13-12-18-11-10-17-6-4-5-9-20(17)25-18/h1-13H,14-16H2,(H2,24,27)/b13-12+. The average Bonchev–Trinajstić information content (AvgIpc) is 2.76. The highest BCUT2D eigenvalue weighted by molar-refractivity contribution is 5.97. The Balaban J connectivity index is 1.60. The third-order valence-corrected chi connectivity index (χ3v) is 4.30. The zero-order valence-corrected chi connectivity index (χ0v) is 16.2. The molecule has 30 heavy (non-hydrogen) atoms. The maximum Gasteiger partial charge on any atom is 0.331 e. The van der Waals surface area contributed by atoms with Gasteiger partial charge in [-0.15, -0.1) is 0 Å². The van der Waals surface area contributed by atoms with Gasteiger partial charge >= 0.3 is 5.97 Å². The first-order valence-corrected chi connectivity index (χ1v) is 9.37. The van der Waals surface area contributed by atoms with Crippen molar-refractivity contribution in [2.24, 2.45) is 5.73 Å². The number of amides is 2. The van der Waals surface area contributed by atoms with Gasteiger partial charge in [-0.2, -0.15) is 0 Å². The summed E-state index contributed by atoms with van der Waals surface area (Å²) < 4.78 is 5.06. The number of primary amides is 1. The van der Waals surface area contributed by atoms with E-state index in [0.717, 1.165) is 10.9 Å². The topological polar surface area (TPSA) is 103 Å². The van der Waals surface area contributed by atoms with Crippen molar-refractivity contribution in [1.29, 1.82) is 0 Å². The number of fused-ring (bicyclic) bond motifs is 1. The Morgan fingerprint density at radius 2 is 1.70 bits per heavy atom. The van der Waals surface area contributed by atoms with Gasteiger partial charge in [-0.25, -0.2) is 9.78 Å². The van der Waals surface area contributed by atoms with Crippen molar-refractivity contribution >= 4 is 40.4 Å². The Hall–Kier alpha value is -4.00. The average molecular weight is 403 g/mol. The predicted octanol–water partition coefficient (Wildman–Crippen LogP) is 2.70. The minimum absolute atomic E-state index is 0.00210. The van der Waals surface area contributed by atoms with Crippen molar-refractivity contribution in [3.8, 4) is 0 Å². The maximum atomic E-state index is 12.5. The first-order chi connectivity index (χ1) is 14.5. The first-order valence-electron chi connectivity index (χ1n) is 9.37. The summed E-state index contributed by atoms with van der Waals surface area (Å²) in [6.07, 6.45) is 2.75. The van der Waals surface area contributed by atoms with Crippen LogP contribution in [-0.2, 0) is 19.1 Å². The molecule has 0 unspecified atom stereocenters. The number of hydrogen-bond donors (Lipinski definition) is 1. The van der Waals surface area contributed by atoms with Crippen LogP contribution in [0.25, 0.3) is 17.0 Å². The monoisotopic (exact) mass is 403 g/mol. The number of ether oxygens (including phenoxy) is 1. The smallest absolute Gasteiger partial charge is 0.331 e. The molecule has 1 heterocycles. The molecular formula is C23H21N3O4. The third-order valence-electron chi connectivity index (χ3n) is 4.30. The van der Waals surface area contributed by atoms with Gasteiger partial charge in [-0.05, 0) is 30.3 Å². The van der Waals surface area contributed by atoms with Crippen molar-refractivity contribution in [3.05, 3.63) is 78.5 Å². The summed E-state index contributed by atoms with van der Waals surface area (Å²) in [6, 6.07) is 20.2. The van der Waals surface area contributed by atoms with Gasteiger partial charge in [-0.3, -0.25) is 9.59 Å². The molecule has 2 aromatic carbocycles. The van der Waals surface area contributed by atoms with Crippen LogP contribution < -0.4 is 10.6 Å². The zero-order chi connectivity index (χ0) is 21.3. The van der Waals surface area contributed by atoms with Gasteiger partial charge in [-0.1, -0.05) is 42.5 Å². The molecule has 7 nitrogen and oxygen atoms in total. The molecule has 2 amide bonds. The number of esters is 1. The molecule has 0 saturated carbocycles. The molecule has 7 heteroatoms. The van der Waals surface area contributed by atoms with Crippen LogP contribution in [0, 0.1) is 0 Å². The second-order valence-corrected chi connectivity index (χ2v) is 6.47. The van der Waals surface area contributed by atoms with E-state index in [-0.39, 0.29) is 13.0 Å². The first kappa shape index (κ1) is 20.7. The van der Waals surface area contributed by atoms with Crippen LogP contribution in [-0.4, -0.2) is 35.9 Å². The van der Waals surface area contributed by atoms with E-state index in [1.54, 1.807) is 30.3 Å². The SMILES string of the molecule is NC(=O)CCN(C(=O)COC(=O)/C=C/c1ccc2ccccc2n1)c1ccccc1. The van der Waals surface area contributed by atoms with Crippen molar-refractivity contribution in [3.63, 3.8) is 0 Å². The van der Waals surface area contributed by atoms with Crippen LogP contribution in [0.1, 0.15) is 12.1 Å². The van der Waals surface area contributed by atoms with E-state index >= 15 is 0 Å². The number of pyridine rings is 1. The number of benzene rings is 2. The summed E-state index contributed by atoms with van der Waals surface area (Å²) in [5, 5.41) is 1.000. The summed E-state index contributed by atoms with van der Waals surface area (Å²) in [6.45, 7) is -0.353. The van der Waals surface area contributed by atoms with Crippen LogP contribution in [0.4, 0.5) is 5.69 Å². The summed E-state index contributed by atoms with van der Waals surface area (Å²) in [5.74, 6) is -1.64. The molecule has 0 saturated heterocycles. The van der Waals surface area contributed by atoms with E-state index in [1.807, 2.05) is 36.4 Å². The Kier molecular flexibility index (Phi) is 6.89. The van der Waals surface area contributed by atoms with Crippen molar-refractivity contribution in [2.45, 2.75) is 6.42 Å². The minimum atomic E-state index is -0.666. The van der Waals surface area contributed by atoms with Gasteiger partial charge in [0.05, 0.1) is 11.2 Å². The van der Waals surface area contributed by atoms with Gasteiger partial charge in [0.15, 0.2) is 6.61 Å². The molecule has 0 spiro atoms. The molecule has 152 valence electrons. The Bertz CT molecular complexity index is 1080. The summed E-state index contributed by atoms with van der Waals surface area (Å²) in [5.41, 5.74) is 7.20. The predicted molar refractivity (Wildman–Crippen MR) is 114 cm³/mol. The highest BCUT2D eigenvalue weighted by atomic mass is 16.5. The van der Waals surface area contributed by atoms with Crippen molar-refractivity contribution < 1.29 is 19.1 Å².